The van der Waals surface area contributed by atoms with Crippen molar-refractivity contribution in [1.82, 2.24) is 10.1 Å². The molecule has 84 valence electrons. The molecule has 0 aromatic carbocycles. The fraction of sp³-hybridized carbons (Fsp3) is 0.800. The fourth-order valence-electron chi connectivity index (χ4n) is 1.55. The Morgan fingerprint density at radius 3 is 2.93 bits per heavy atom. The Hall–Kier alpha value is -0.550. The molecule has 15 heavy (non-hydrogen) atoms. The van der Waals surface area contributed by atoms with Crippen LogP contribution in [0.2, 0.25) is 0 Å². The summed E-state index contributed by atoms with van der Waals surface area (Å²) in [5, 5.41) is 13.8. The summed E-state index contributed by atoms with van der Waals surface area (Å²) >= 11 is 1.88. The van der Waals surface area contributed by atoms with Crippen LogP contribution in [0, 0.1) is 0 Å². The zero-order valence-electron chi connectivity index (χ0n) is 9.01. The number of aliphatic hydroxyl groups is 1. The summed E-state index contributed by atoms with van der Waals surface area (Å²) in [4.78, 5) is 4.35. The highest BCUT2D eigenvalue weighted by molar-refractivity contribution is 7.99. The summed E-state index contributed by atoms with van der Waals surface area (Å²) in [6.45, 7) is 3.63. The molecule has 0 aliphatic carbocycles. The van der Waals surface area contributed by atoms with Gasteiger partial charge in [0.1, 0.15) is 0 Å². The molecule has 1 aromatic heterocycles. The molecule has 1 N–H and O–H groups in total. The second-order valence-electron chi connectivity index (χ2n) is 4.02. The normalized spacial score (nSPS) is 25.4. The van der Waals surface area contributed by atoms with Crippen LogP contribution < -0.4 is 0 Å². The highest BCUT2D eigenvalue weighted by Gasteiger charge is 2.25. The molecule has 0 bridgehead atoms. The zero-order chi connectivity index (χ0) is 10.8. The van der Waals surface area contributed by atoms with E-state index in [0.717, 1.165) is 12.2 Å². The van der Waals surface area contributed by atoms with E-state index in [1.807, 2.05) is 18.7 Å². The summed E-state index contributed by atoms with van der Waals surface area (Å²) in [5.74, 6) is 2.44. The van der Waals surface area contributed by atoms with Crippen molar-refractivity contribution >= 4 is 11.8 Å². The van der Waals surface area contributed by atoms with E-state index >= 15 is 0 Å². The van der Waals surface area contributed by atoms with E-state index in [2.05, 4.69) is 10.1 Å². The van der Waals surface area contributed by atoms with Crippen molar-refractivity contribution in [1.29, 1.82) is 0 Å². The fourth-order valence-corrected chi connectivity index (χ4v) is 2.75. The van der Waals surface area contributed by atoms with E-state index in [9.17, 15) is 5.11 Å². The average molecular weight is 228 g/mol. The highest BCUT2D eigenvalue weighted by Crippen LogP contribution is 2.38. The van der Waals surface area contributed by atoms with Gasteiger partial charge in [0.05, 0.1) is 17.3 Å². The van der Waals surface area contributed by atoms with Crippen molar-refractivity contribution < 1.29 is 9.63 Å². The molecule has 1 aliphatic heterocycles. The molecule has 1 aromatic rings. The first-order valence-electron chi connectivity index (χ1n) is 5.31. The molecule has 4 nitrogen and oxygen atoms in total. The first kappa shape index (κ1) is 11.0. The van der Waals surface area contributed by atoms with Crippen LogP contribution in [0.25, 0.3) is 0 Å². The molecule has 0 amide bonds. The van der Waals surface area contributed by atoms with Gasteiger partial charge >= 0.3 is 0 Å². The van der Waals surface area contributed by atoms with Gasteiger partial charge in [-0.25, -0.2) is 0 Å². The topological polar surface area (TPSA) is 59.2 Å². The summed E-state index contributed by atoms with van der Waals surface area (Å²) in [6.07, 6.45) is 1.91. The molecule has 0 radical (unpaired) electrons. The van der Waals surface area contributed by atoms with Crippen molar-refractivity contribution in [3.8, 4) is 0 Å². The van der Waals surface area contributed by atoms with Crippen LogP contribution in [0.4, 0.5) is 0 Å². The first-order valence-corrected chi connectivity index (χ1v) is 6.36. The number of nitrogens with zero attached hydrogens (tertiary/aromatic N) is 2. The van der Waals surface area contributed by atoms with E-state index < -0.39 is 6.10 Å². The molecular formula is C10H16N2O2S. The zero-order valence-corrected chi connectivity index (χ0v) is 9.83. The van der Waals surface area contributed by atoms with Gasteiger partial charge in [0.25, 0.3) is 0 Å². The molecule has 2 rings (SSSR count). The maximum Gasteiger partial charge on any atom is 0.232 e. The van der Waals surface area contributed by atoms with Crippen LogP contribution in [-0.2, 0) is 0 Å². The van der Waals surface area contributed by atoms with E-state index in [4.69, 9.17) is 4.52 Å². The quantitative estimate of drug-likeness (QED) is 0.858. The van der Waals surface area contributed by atoms with Gasteiger partial charge in [-0.15, -0.1) is 0 Å². The Kier molecular flexibility index (Phi) is 3.31. The van der Waals surface area contributed by atoms with Crippen molar-refractivity contribution in [2.75, 3.05) is 5.75 Å². The molecule has 3 atom stereocenters. The summed E-state index contributed by atoms with van der Waals surface area (Å²) in [7, 11) is 0. The number of aliphatic hydroxyl groups excluding tert-OH is 1. The van der Waals surface area contributed by atoms with Gasteiger partial charge < -0.3 is 9.63 Å². The summed E-state index contributed by atoms with van der Waals surface area (Å²) < 4.78 is 5.17. The lowest BCUT2D eigenvalue weighted by Gasteiger charge is -2.08. The first-order chi connectivity index (χ1) is 7.18. The number of aromatic nitrogens is 2. The smallest absolute Gasteiger partial charge is 0.232 e. The molecule has 0 spiro atoms. The van der Waals surface area contributed by atoms with Crippen molar-refractivity contribution in [3.63, 3.8) is 0 Å². The Labute approximate surface area is 93.4 Å². The second-order valence-corrected chi connectivity index (χ2v) is 5.33. The van der Waals surface area contributed by atoms with E-state index in [-0.39, 0.29) is 5.92 Å². The van der Waals surface area contributed by atoms with Crippen LogP contribution in [0.1, 0.15) is 49.6 Å². The Bertz CT molecular complexity index is 304. The van der Waals surface area contributed by atoms with Gasteiger partial charge in [-0.2, -0.15) is 16.7 Å². The molecular weight excluding hydrogens is 212 g/mol. The molecule has 3 unspecified atom stereocenters. The second kappa shape index (κ2) is 4.53. The predicted molar refractivity (Wildman–Crippen MR) is 58.8 cm³/mol. The maximum atomic E-state index is 9.42. The lowest BCUT2D eigenvalue weighted by atomic mass is 10.1. The van der Waals surface area contributed by atoms with Gasteiger partial charge in [-0.1, -0.05) is 12.1 Å². The SMILES string of the molecule is CC(O)C(C)c1nc(C2CCCS2)no1. The minimum Gasteiger partial charge on any atom is -0.393 e. The van der Waals surface area contributed by atoms with E-state index in [1.165, 1.54) is 12.2 Å². The Morgan fingerprint density at radius 1 is 1.53 bits per heavy atom. The predicted octanol–water partition coefficient (Wildman–Crippen LogP) is 2.12. The van der Waals surface area contributed by atoms with Crippen LogP contribution in [0.3, 0.4) is 0 Å². The Balaban J connectivity index is 2.09. The van der Waals surface area contributed by atoms with Crippen LogP contribution in [0.5, 0.6) is 0 Å². The minimum absolute atomic E-state index is 0.0855. The third-order valence-electron chi connectivity index (χ3n) is 2.79. The van der Waals surface area contributed by atoms with Gasteiger partial charge in [0, 0.05) is 0 Å². The number of rotatable bonds is 3. The molecule has 5 heteroatoms. The maximum absolute atomic E-state index is 9.42. The van der Waals surface area contributed by atoms with E-state index in [0.29, 0.717) is 11.1 Å². The lowest BCUT2D eigenvalue weighted by molar-refractivity contribution is 0.151. The summed E-state index contributed by atoms with van der Waals surface area (Å²) in [5.41, 5.74) is 0. The molecule has 0 saturated carbocycles. The van der Waals surface area contributed by atoms with Gasteiger partial charge in [-0.3, -0.25) is 0 Å². The molecule has 1 fully saturated rings. The number of thioether (sulfide) groups is 1. The third kappa shape index (κ3) is 2.34. The van der Waals surface area contributed by atoms with Crippen LogP contribution in [-0.4, -0.2) is 27.1 Å². The standard InChI is InChI=1S/C10H16N2O2S/c1-6(7(2)13)10-11-9(12-14-10)8-4-3-5-15-8/h6-8,13H,3-5H2,1-2H3. The summed E-state index contributed by atoms with van der Waals surface area (Å²) in [6, 6.07) is 0. The van der Waals surface area contributed by atoms with Gasteiger partial charge in [0.15, 0.2) is 5.82 Å². The number of hydrogen-bond donors (Lipinski definition) is 1. The highest BCUT2D eigenvalue weighted by atomic mass is 32.2. The Morgan fingerprint density at radius 2 is 2.33 bits per heavy atom. The van der Waals surface area contributed by atoms with Crippen molar-refractivity contribution in [2.45, 2.75) is 44.0 Å². The monoisotopic (exact) mass is 228 g/mol. The van der Waals surface area contributed by atoms with Gasteiger partial charge in [-0.05, 0) is 25.5 Å². The van der Waals surface area contributed by atoms with Crippen LogP contribution in [0.15, 0.2) is 4.52 Å². The average Bonchev–Trinajstić information content (AvgIpc) is 2.86. The van der Waals surface area contributed by atoms with Crippen molar-refractivity contribution in [2.24, 2.45) is 0 Å². The molecule has 1 saturated heterocycles. The van der Waals surface area contributed by atoms with Gasteiger partial charge in [0.2, 0.25) is 5.89 Å². The number of hydrogen-bond acceptors (Lipinski definition) is 5. The molecule has 2 heterocycles. The minimum atomic E-state index is -0.450. The largest absolute Gasteiger partial charge is 0.393 e. The molecule has 1 aliphatic rings. The van der Waals surface area contributed by atoms with Crippen molar-refractivity contribution in [3.05, 3.63) is 11.7 Å². The third-order valence-corrected chi connectivity index (χ3v) is 4.16. The van der Waals surface area contributed by atoms with Crippen LogP contribution >= 0.6 is 11.8 Å². The lowest BCUT2D eigenvalue weighted by Crippen LogP contribution is -2.11. The van der Waals surface area contributed by atoms with E-state index in [1.54, 1.807) is 6.92 Å².